The molecule has 0 aliphatic rings. The van der Waals surface area contributed by atoms with Crippen LogP contribution in [0.2, 0.25) is 0 Å². The highest BCUT2D eigenvalue weighted by atomic mass is 35.5. The monoisotopic (exact) mass is 246 g/mol. The van der Waals surface area contributed by atoms with Crippen molar-refractivity contribution in [2.75, 3.05) is 6.61 Å². The molecule has 0 saturated heterocycles. The number of ketones is 1. The van der Waals surface area contributed by atoms with E-state index in [9.17, 15) is 9.59 Å². The fourth-order valence-electron chi connectivity index (χ4n) is 0.978. The summed E-state index contributed by atoms with van der Waals surface area (Å²) in [5.74, 6) is -0.569. The van der Waals surface area contributed by atoms with Crippen molar-refractivity contribution in [2.45, 2.75) is 19.2 Å². The molecular formula is C10H11ClO3S. The lowest BCUT2D eigenvalue weighted by atomic mass is 10.2. The maximum absolute atomic E-state index is 11.5. The van der Waals surface area contributed by atoms with Crippen molar-refractivity contribution in [3.05, 3.63) is 21.9 Å². The number of carbonyl (C=O) groups is 2. The van der Waals surface area contributed by atoms with E-state index in [2.05, 4.69) is 0 Å². The second-order valence-electron chi connectivity index (χ2n) is 2.86. The van der Waals surface area contributed by atoms with Gasteiger partial charge in [-0.05, 0) is 26.0 Å². The Kier molecular flexibility index (Phi) is 4.29. The molecule has 0 fully saturated rings. The summed E-state index contributed by atoms with van der Waals surface area (Å²) in [7, 11) is 0. The summed E-state index contributed by atoms with van der Waals surface area (Å²) in [6, 6.07) is 3.17. The second kappa shape index (κ2) is 5.28. The zero-order chi connectivity index (χ0) is 11.4. The second-order valence-corrected chi connectivity index (χ2v) is 4.60. The molecule has 0 amide bonds. The Hall–Kier alpha value is -0.870. The number of Topliss-reactive ketones (excluding diaryl/α,β-unsaturated/α-hetero) is 1. The van der Waals surface area contributed by atoms with Crippen LogP contribution in [0.1, 0.15) is 33.2 Å². The summed E-state index contributed by atoms with van der Waals surface area (Å²) in [4.78, 5) is 23.7. The third-order valence-corrected chi connectivity index (χ3v) is 2.96. The summed E-state index contributed by atoms with van der Waals surface area (Å²) in [6.45, 7) is 3.66. The van der Waals surface area contributed by atoms with E-state index in [0.717, 1.165) is 11.3 Å². The van der Waals surface area contributed by atoms with Gasteiger partial charge in [-0.1, -0.05) is 0 Å². The molecule has 1 aromatic heterocycles. The smallest absolute Gasteiger partial charge is 0.348 e. The Balaban J connectivity index is 2.80. The first-order valence-electron chi connectivity index (χ1n) is 4.51. The van der Waals surface area contributed by atoms with Gasteiger partial charge in [-0.3, -0.25) is 4.79 Å². The quantitative estimate of drug-likeness (QED) is 0.466. The van der Waals surface area contributed by atoms with Gasteiger partial charge in [-0.2, -0.15) is 0 Å². The average molecular weight is 247 g/mol. The van der Waals surface area contributed by atoms with E-state index in [1.165, 1.54) is 0 Å². The van der Waals surface area contributed by atoms with Crippen molar-refractivity contribution in [2.24, 2.45) is 0 Å². The Morgan fingerprint density at radius 1 is 1.47 bits per heavy atom. The maximum atomic E-state index is 11.5. The summed E-state index contributed by atoms with van der Waals surface area (Å²) in [6.07, 6.45) is 0. The number of alkyl halides is 1. The fraction of sp³-hybridized carbons (Fsp3) is 0.400. The Morgan fingerprint density at radius 3 is 2.60 bits per heavy atom. The van der Waals surface area contributed by atoms with Crippen LogP contribution in [0.5, 0.6) is 0 Å². The number of carbonyl (C=O) groups excluding carboxylic acids is 2. The molecule has 0 bridgehead atoms. The number of hydrogen-bond donors (Lipinski definition) is 0. The molecule has 0 spiro atoms. The molecule has 1 heterocycles. The van der Waals surface area contributed by atoms with E-state index in [1.807, 2.05) is 0 Å². The van der Waals surface area contributed by atoms with Gasteiger partial charge in [0.1, 0.15) is 4.88 Å². The van der Waals surface area contributed by atoms with Gasteiger partial charge >= 0.3 is 5.97 Å². The van der Waals surface area contributed by atoms with Gasteiger partial charge < -0.3 is 4.74 Å². The van der Waals surface area contributed by atoms with Gasteiger partial charge in [0, 0.05) is 0 Å². The number of thiophene rings is 1. The van der Waals surface area contributed by atoms with Gasteiger partial charge in [0.15, 0.2) is 5.78 Å². The van der Waals surface area contributed by atoms with Gasteiger partial charge in [0.05, 0.1) is 16.9 Å². The van der Waals surface area contributed by atoms with Crippen LogP contribution in [0.4, 0.5) is 0 Å². The molecule has 5 heteroatoms. The van der Waals surface area contributed by atoms with E-state index < -0.39 is 11.3 Å². The van der Waals surface area contributed by atoms with Gasteiger partial charge in [0.2, 0.25) is 0 Å². The molecule has 0 aromatic carbocycles. The summed E-state index contributed by atoms with van der Waals surface area (Å²) in [5, 5.41) is -0.571. The zero-order valence-electron chi connectivity index (χ0n) is 8.45. The minimum absolute atomic E-state index is 0.169. The molecule has 82 valence electrons. The van der Waals surface area contributed by atoms with Gasteiger partial charge in [-0.25, -0.2) is 4.79 Å². The third kappa shape index (κ3) is 3.04. The minimum atomic E-state index is -0.571. The number of ether oxygens (including phenoxy) is 1. The molecule has 15 heavy (non-hydrogen) atoms. The molecule has 1 unspecified atom stereocenters. The Bertz CT molecular complexity index is 370. The fourth-order valence-corrected chi connectivity index (χ4v) is 2.09. The van der Waals surface area contributed by atoms with Crippen molar-refractivity contribution < 1.29 is 14.3 Å². The Morgan fingerprint density at radius 2 is 2.07 bits per heavy atom. The highest BCUT2D eigenvalue weighted by Gasteiger charge is 2.17. The van der Waals surface area contributed by atoms with Crippen molar-refractivity contribution in [3.8, 4) is 0 Å². The van der Waals surface area contributed by atoms with Crippen LogP contribution in [-0.2, 0) is 4.74 Å². The van der Waals surface area contributed by atoms with Crippen LogP contribution in [0, 0.1) is 0 Å². The number of esters is 1. The molecule has 0 aliphatic heterocycles. The number of hydrogen-bond acceptors (Lipinski definition) is 4. The summed E-state index contributed by atoms with van der Waals surface area (Å²) in [5.41, 5.74) is 0. The first-order valence-corrected chi connectivity index (χ1v) is 5.76. The maximum Gasteiger partial charge on any atom is 0.348 e. The molecule has 3 nitrogen and oxygen atoms in total. The first-order chi connectivity index (χ1) is 7.06. The highest BCUT2D eigenvalue weighted by Crippen LogP contribution is 2.20. The minimum Gasteiger partial charge on any atom is -0.462 e. The SMILES string of the molecule is CCOC(=O)c1ccc(C(=O)C(C)Cl)s1. The van der Waals surface area contributed by atoms with Gasteiger partial charge in [0.25, 0.3) is 0 Å². The lowest BCUT2D eigenvalue weighted by molar-refractivity contribution is 0.0532. The topological polar surface area (TPSA) is 43.4 Å². The lowest BCUT2D eigenvalue weighted by Crippen LogP contribution is -2.08. The molecule has 1 atom stereocenters. The van der Waals surface area contributed by atoms with Crippen LogP contribution < -0.4 is 0 Å². The van der Waals surface area contributed by atoms with E-state index in [-0.39, 0.29) is 5.78 Å². The zero-order valence-corrected chi connectivity index (χ0v) is 10.0. The standard InChI is InChI=1S/C10H11ClO3S/c1-3-14-10(13)8-5-4-7(15-8)9(12)6(2)11/h4-6H,3H2,1-2H3. The van der Waals surface area contributed by atoms with Crippen LogP contribution in [0.15, 0.2) is 12.1 Å². The largest absolute Gasteiger partial charge is 0.462 e. The van der Waals surface area contributed by atoms with Gasteiger partial charge in [-0.15, -0.1) is 22.9 Å². The molecule has 0 N–H and O–H groups in total. The lowest BCUT2D eigenvalue weighted by Gasteiger charge is -1.98. The number of rotatable bonds is 4. The van der Waals surface area contributed by atoms with E-state index in [0.29, 0.717) is 16.4 Å². The summed E-state index contributed by atoms with van der Waals surface area (Å²) >= 11 is 6.76. The predicted molar refractivity (Wildman–Crippen MR) is 59.9 cm³/mol. The molecule has 0 radical (unpaired) electrons. The molecule has 1 aromatic rings. The van der Waals surface area contributed by atoms with E-state index in [4.69, 9.17) is 16.3 Å². The van der Waals surface area contributed by atoms with Crippen molar-refractivity contribution in [1.29, 1.82) is 0 Å². The van der Waals surface area contributed by atoms with Crippen molar-refractivity contribution >= 4 is 34.7 Å². The molecule has 1 rings (SSSR count). The molecule has 0 aliphatic carbocycles. The third-order valence-electron chi connectivity index (χ3n) is 1.69. The first kappa shape index (κ1) is 12.2. The van der Waals surface area contributed by atoms with Crippen LogP contribution in [-0.4, -0.2) is 23.7 Å². The molecule has 0 saturated carbocycles. The van der Waals surface area contributed by atoms with Crippen LogP contribution in [0.25, 0.3) is 0 Å². The van der Waals surface area contributed by atoms with Crippen molar-refractivity contribution in [1.82, 2.24) is 0 Å². The van der Waals surface area contributed by atoms with E-state index in [1.54, 1.807) is 26.0 Å². The normalized spacial score (nSPS) is 12.2. The Labute approximate surface area is 97.0 Å². The number of halogens is 1. The van der Waals surface area contributed by atoms with E-state index >= 15 is 0 Å². The van der Waals surface area contributed by atoms with Crippen LogP contribution >= 0.6 is 22.9 Å². The summed E-state index contributed by atoms with van der Waals surface area (Å²) < 4.78 is 4.81. The highest BCUT2D eigenvalue weighted by molar-refractivity contribution is 7.16. The molecular weight excluding hydrogens is 236 g/mol. The van der Waals surface area contributed by atoms with Crippen molar-refractivity contribution in [3.63, 3.8) is 0 Å². The predicted octanol–water partition coefficient (Wildman–Crippen LogP) is 2.73. The average Bonchev–Trinajstić information content (AvgIpc) is 2.65. The van der Waals surface area contributed by atoms with Crippen LogP contribution in [0.3, 0.4) is 0 Å².